The number of hydrogen-bond acceptors (Lipinski definition) is 5. The minimum atomic E-state index is -4.94. The van der Waals surface area contributed by atoms with E-state index in [0.717, 1.165) is 11.4 Å². The lowest BCUT2D eigenvalue weighted by Gasteiger charge is -2.29. The number of amides is 1. The molecule has 0 bridgehead atoms. The average Bonchev–Trinajstić information content (AvgIpc) is 2.79. The van der Waals surface area contributed by atoms with E-state index >= 15 is 0 Å². The Labute approximate surface area is 205 Å². The summed E-state index contributed by atoms with van der Waals surface area (Å²) in [7, 11) is 3.76. The van der Waals surface area contributed by atoms with Gasteiger partial charge in [-0.25, -0.2) is 4.98 Å². The topological polar surface area (TPSA) is 70.1 Å². The fourth-order valence-electron chi connectivity index (χ4n) is 4.28. The molecule has 1 atom stereocenters. The molecule has 0 aliphatic heterocycles. The molecule has 1 aliphatic carbocycles. The van der Waals surface area contributed by atoms with Crippen LogP contribution >= 0.6 is 0 Å². The highest BCUT2D eigenvalue weighted by Gasteiger charge is 2.37. The molecule has 2 aromatic rings. The second kappa shape index (κ2) is 10.5. The van der Waals surface area contributed by atoms with Crippen molar-refractivity contribution < 1.29 is 31.1 Å². The van der Waals surface area contributed by atoms with Crippen molar-refractivity contribution in [1.82, 2.24) is 15.3 Å². The normalized spacial score (nSPS) is 19.5. The Morgan fingerprint density at radius 1 is 1.00 bits per heavy atom. The molecule has 0 saturated heterocycles. The summed E-state index contributed by atoms with van der Waals surface area (Å²) in [5.74, 6) is 0.483. The molecule has 36 heavy (non-hydrogen) atoms. The van der Waals surface area contributed by atoms with Gasteiger partial charge in [-0.1, -0.05) is 0 Å². The summed E-state index contributed by atoms with van der Waals surface area (Å²) >= 11 is 0. The minimum absolute atomic E-state index is 0.0435. The molecule has 0 spiro atoms. The van der Waals surface area contributed by atoms with Gasteiger partial charge in [0.05, 0.1) is 17.2 Å². The quantitative estimate of drug-likeness (QED) is 0.479. The smallest absolute Gasteiger partial charge is 0.362 e. The van der Waals surface area contributed by atoms with Gasteiger partial charge in [0.2, 0.25) is 11.9 Å². The van der Waals surface area contributed by atoms with Gasteiger partial charge in [-0.05, 0) is 63.3 Å². The zero-order chi connectivity index (χ0) is 26.8. The number of carbonyl (C=O) groups excluding carboxylic acids is 1. The Kier molecular flexibility index (Phi) is 8.04. The molecule has 1 aromatic heterocycles. The van der Waals surface area contributed by atoms with Crippen molar-refractivity contribution in [2.45, 2.75) is 64.0 Å². The van der Waals surface area contributed by atoms with E-state index in [0.29, 0.717) is 43.8 Å². The Bertz CT molecular complexity index is 1050. The maximum Gasteiger partial charge on any atom is 0.416 e. The van der Waals surface area contributed by atoms with Crippen LogP contribution in [0.2, 0.25) is 0 Å². The van der Waals surface area contributed by atoms with E-state index in [-0.39, 0.29) is 17.7 Å². The van der Waals surface area contributed by atoms with Crippen LogP contribution in [-0.4, -0.2) is 36.0 Å². The number of rotatable bonds is 6. The van der Waals surface area contributed by atoms with Gasteiger partial charge < -0.3 is 15.5 Å². The first-order valence-corrected chi connectivity index (χ1v) is 11.5. The third-order valence-corrected chi connectivity index (χ3v) is 6.27. The van der Waals surface area contributed by atoms with E-state index in [9.17, 15) is 31.1 Å². The van der Waals surface area contributed by atoms with Gasteiger partial charge in [-0.15, -0.1) is 0 Å². The summed E-state index contributed by atoms with van der Waals surface area (Å²) in [5, 5.41) is 5.87. The fourth-order valence-corrected chi connectivity index (χ4v) is 4.28. The monoisotopic (exact) mass is 517 g/mol. The first kappa shape index (κ1) is 27.5. The van der Waals surface area contributed by atoms with E-state index in [1.54, 1.807) is 6.20 Å². The van der Waals surface area contributed by atoms with Gasteiger partial charge in [-0.2, -0.15) is 31.3 Å². The summed E-state index contributed by atoms with van der Waals surface area (Å²) < 4.78 is 78.9. The maximum atomic E-state index is 13.2. The molecule has 1 aliphatic rings. The predicted octanol–water partition coefficient (Wildman–Crippen LogP) is 5.74. The third kappa shape index (κ3) is 6.79. The fraction of sp³-hybridized carbons (Fsp3) is 0.542. The molecule has 0 unspecified atom stereocenters. The van der Waals surface area contributed by atoms with Crippen molar-refractivity contribution in [1.29, 1.82) is 0 Å². The molecule has 3 rings (SSSR count). The van der Waals surface area contributed by atoms with Gasteiger partial charge in [-0.3, -0.25) is 4.79 Å². The van der Waals surface area contributed by atoms with Crippen molar-refractivity contribution in [3.05, 3.63) is 46.6 Å². The molecular weight excluding hydrogens is 488 g/mol. The molecule has 0 radical (unpaired) electrons. The number of aryl methyl sites for hydroxylation is 1. The van der Waals surface area contributed by atoms with Crippen LogP contribution in [0, 0.1) is 12.8 Å². The number of aromatic nitrogens is 2. The standard InChI is InChI=1S/C24H29F6N5O/c1-13-12-31-22(34-20(13)35(3)4)33-19-7-5-15(6-8-19)21(36)32-14(2)16-9-17(23(25,26)27)11-18(10-16)24(28,29)30/h9-12,14-15,19H,5-8H2,1-4H3,(H,32,36)(H,31,33,34)/t14-,15-,19+/m0/s1. The average molecular weight is 518 g/mol. The Hall–Kier alpha value is -3.05. The van der Waals surface area contributed by atoms with Crippen molar-refractivity contribution in [2.75, 3.05) is 24.3 Å². The largest absolute Gasteiger partial charge is 0.416 e. The third-order valence-electron chi connectivity index (χ3n) is 6.27. The number of carbonyl (C=O) groups is 1. The number of nitrogens with zero attached hydrogens (tertiary/aromatic N) is 3. The van der Waals surface area contributed by atoms with Crippen LogP contribution in [-0.2, 0) is 17.1 Å². The summed E-state index contributed by atoms with van der Waals surface area (Å²) in [4.78, 5) is 23.5. The Morgan fingerprint density at radius 2 is 1.56 bits per heavy atom. The number of alkyl halides is 6. The lowest BCUT2D eigenvalue weighted by Crippen LogP contribution is -2.37. The molecule has 1 heterocycles. The lowest BCUT2D eigenvalue weighted by atomic mass is 9.85. The van der Waals surface area contributed by atoms with Crippen LogP contribution in [0.15, 0.2) is 24.4 Å². The molecule has 2 N–H and O–H groups in total. The highest BCUT2D eigenvalue weighted by atomic mass is 19.4. The van der Waals surface area contributed by atoms with Gasteiger partial charge in [0.1, 0.15) is 5.82 Å². The number of nitrogens with one attached hydrogen (secondary N) is 2. The van der Waals surface area contributed by atoms with Gasteiger partial charge in [0, 0.05) is 37.8 Å². The van der Waals surface area contributed by atoms with Crippen LogP contribution in [0.3, 0.4) is 0 Å². The predicted molar refractivity (Wildman–Crippen MR) is 123 cm³/mol. The Morgan fingerprint density at radius 3 is 2.06 bits per heavy atom. The van der Waals surface area contributed by atoms with Crippen molar-refractivity contribution >= 4 is 17.7 Å². The zero-order valence-corrected chi connectivity index (χ0v) is 20.4. The minimum Gasteiger partial charge on any atom is -0.362 e. The number of benzene rings is 1. The van der Waals surface area contributed by atoms with Crippen molar-refractivity contribution in [2.24, 2.45) is 5.92 Å². The van der Waals surface area contributed by atoms with Crippen molar-refractivity contribution in [3.8, 4) is 0 Å². The molecular formula is C24H29F6N5O. The summed E-state index contributed by atoms with van der Waals surface area (Å²) in [6.07, 6.45) is -5.86. The zero-order valence-electron chi connectivity index (χ0n) is 20.4. The van der Waals surface area contributed by atoms with E-state index < -0.39 is 41.3 Å². The molecule has 1 saturated carbocycles. The summed E-state index contributed by atoms with van der Waals surface area (Å²) in [6, 6.07) is 0.380. The maximum absolute atomic E-state index is 13.2. The first-order chi connectivity index (χ1) is 16.6. The van der Waals surface area contributed by atoms with Crippen LogP contribution in [0.5, 0.6) is 0 Å². The second-order valence-electron chi connectivity index (χ2n) is 9.36. The van der Waals surface area contributed by atoms with Gasteiger partial charge in [0.25, 0.3) is 0 Å². The van der Waals surface area contributed by atoms with Gasteiger partial charge in [0.15, 0.2) is 0 Å². The molecule has 12 heteroatoms. The lowest BCUT2D eigenvalue weighted by molar-refractivity contribution is -0.143. The summed E-state index contributed by atoms with van der Waals surface area (Å²) in [5.41, 5.74) is -2.14. The number of hydrogen-bond donors (Lipinski definition) is 2. The molecule has 6 nitrogen and oxygen atoms in total. The molecule has 1 aromatic carbocycles. The van der Waals surface area contributed by atoms with Crippen LogP contribution in [0.25, 0.3) is 0 Å². The van der Waals surface area contributed by atoms with Crippen LogP contribution in [0.4, 0.5) is 38.1 Å². The SMILES string of the molecule is Cc1cnc(N[C@H]2CC[C@@H](C(=O)N[C@@H](C)c3cc(C(F)(F)F)cc(C(F)(F)F)c3)CC2)nc1N(C)C. The molecule has 1 fully saturated rings. The van der Waals surface area contributed by atoms with Crippen LogP contribution in [0.1, 0.15) is 60.9 Å². The van der Waals surface area contributed by atoms with Crippen molar-refractivity contribution in [3.63, 3.8) is 0 Å². The van der Waals surface area contributed by atoms with Crippen LogP contribution < -0.4 is 15.5 Å². The first-order valence-electron chi connectivity index (χ1n) is 11.5. The number of anilines is 2. The second-order valence-corrected chi connectivity index (χ2v) is 9.36. The van der Waals surface area contributed by atoms with Gasteiger partial charge >= 0.3 is 12.4 Å². The highest BCUT2D eigenvalue weighted by Crippen LogP contribution is 2.37. The van der Waals surface area contributed by atoms with E-state index in [4.69, 9.17) is 0 Å². The Balaban J connectivity index is 1.62. The summed E-state index contributed by atoms with van der Waals surface area (Å²) in [6.45, 7) is 3.28. The highest BCUT2D eigenvalue weighted by molar-refractivity contribution is 5.79. The van der Waals surface area contributed by atoms with E-state index in [1.165, 1.54) is 6.92 Å². The van der Waals surface area contributed by atoms with E-state index in [2.05, 4.69) is 20.6 Å². The molecule has 198 valence electrons. The number of halogens is 6. The molecule has 1 amide bonds. The van der Waals surface area contributed by atoms with E-state index in [1.807, 2.05) is 25.9 Å².